The van der Waals surface area contributed by atoms with Gasteiger partial charge in [0, 0.05) is 19.6 Å². The van der Waals surface area contributed by atoms with Crippen LogP contribution in [0, 0.1) is 11.6 Å². The van der Waals surface area contributed by atoms with Crippen LogP contribution in [0.3, 0.4) is 0 Å². The average molecular weight is 276 g/mol. The largest absolute Gasteiger partial charge is 0.326 e. The maximum absolute atomic E-state index is 13.3. The van der Waals surface area contributed by atoms with E-state index in [0.29, 0.717) is 19.6 Å². The van der Waals surface area contributed by atoms with Gasteiger partial charge in [-0.25, -0.2) is 8.78 Å². The highest BCUT2D eigenvalue weighted by Crippen LogP contribution is 2.14. The summed E-state index contributed by atoms with van der Waals surface area (Å²) in [5.74, 6) is -0.501. The van der Waals surface area contributed by atoms with Crippen LogP contribution in [0.4, 0.5) is 8.78 Å². The van der Waals surface area contributed by atoms with Crippen LogP contribution in [0.15, 0.2) is 42.5 Å². The number of rotatable bonds is 5. The lowest BCUT2D eigenvalue weighted by Gasteiger charge is -2.18. The third-order valence-electron chi connectivity index (χ3n) is 3.19. The molecule has 0 radical (unpaired) electrons. The second-order valence-electron chi connectivity index (χ2n) is 4.92. The second-order valence-corrected chi connectivity index (χ2v) is 4.92. The van der Waals surface area contributed by atoms with E-state index in [1.807, 2.05) is 11.9 Å². The van der Waals surface area contributed by atoms with E-state index in [-0.39, 0.29) is 11.6 Å². The fourth-order valence-electron chi connectivity index (χ4n) is 2.19. The van der Waals surface area contributed by atoms with Gasteiger partial charge >= 0.3 is 0 Å². The van der Waals surface area contributed by atoms with Crippen molar-refractivity contribution in [1.29, 1.82) is 0 Å². The summed E-state index contributed by atoms with van der Waals surface area (Å²) in [4.78, 5) is 2.04. The van der Waals surface area contributed by atoms with Crippen LogP contribution in [0.1, 0.15) is 16.7 Å². The molecule has 0 atom stereocenters. The summed E-state index contributed by atoms with van der Waals surface area (Å²) in [5, 5.41) is 0. The number of hydrogen-bond donors (Lipinski definition) is 1. The minimum Gasteiger partial charge on any atom is -0.326 e. The second kappa shape index (κ2) is 6.59. The molecule has 0 saturated heterocycles. The van der Waals surface area contributed by atoms with Gasteiger partial charge in [0.2, 0.25) is 0 Å². The molecule has 4 heteroatoms. The molecule has 0 fully saturated rings. The smallest absolute Gasteiger partial charge is 0.123 e. The van der Waals surface area contributed by atoms with Gasteiger partial charge in [-0.05, 0) is 48.0 Å². The summed E-state index contributed by atoms with van der Waals surface area (Å²) in [6.07, 6.45) is 0. The molecule has 2 N–H and O–H groups in total. The summed E-state index contributed by atoms with van der Waals surface area (Å²) in [6, 6.07) is 11.0. The van der Waals surface area contributed by atoms with Gasteiger partial charge in [0.25, 0.3) is 0 Å². The summed E-state index contributed by atoms with van der Waals surface area (Å²) < 4.78 is 26.1. The fraction of sp³-hybridized carbons (Fsp3) is 0.250. The van der Waals surface area contributed by atoms with E-state index in [1.165, 1.54) is 24.3 Å². The zero-order chi connectivity index (χ0) is 14.5. The Balaban J connectivity index is 2.05. The predicted octanol–water partition coefficient (Wildman–Crippen LogP) is 3.06. The first-order valence-corrected chi connectivity index (χ1v) is 6.49. The first-order chi connectivity index (χ1) is 9.58. The Hall–Kier alpha value is -1.78. The zero-order valence-electron chi connectivity index (χ0n) is 11.4. The van der Waals surface area contributed by atoms with Crippen molar-refractivity contribution in [3.63, 3.8) is 0 Å². The molecule has 2 aromatic carbocycles. The molecular weight excluding hydrogens is 258 g/mol. The lowest BCUT2D eigenvalue weighted by molar-refractivity contribution is 0.317. The Morgan fingerprint density at radius 1 is 0.900 bits per heavy atom. The van der Waals surface area contributed by atoms with Crippen LogP contribution in [0.25, 0.3) is 0 Å². The van der Waals surface area contributed by atoms with Gasteiger partial charge in [0.1, 0.15) is 11.6 Å². The number of nitrogens with two attached hydrogens (primary N) is 1. The van der Waals surface area contributed by atoms with Gasteiger partial charge in [-0.3, -0.25) is 4.90 Å². The molecule has 0 heterocycles. The van der Waals surface area contributed by atoms with Crippen molar-refractivity contribution in [3.8, 4) is 0 Å². The van der Waals surface area contributed by atoms with Crippen molar-refractivity contribution < 1.29 is 8.78 Å². The van der Waals surface area contributed by atoms with Crippen molar-refractivity contribution in [2.75, 3.05) is 7.05 Å². The van der Waals surface area contributed by atoms with Crippen molar-refractivity contribution in [2.45, 2.75) is 19.6 Å². The number of hydrogen-bond acceptors (Lipinski definition) is 2. The molecule has 0 aromatic heterocycles. The van der Waals surface area contributed by atoms with Crippen molar-refractivity contribution in [3.05, 3.63) is 70.8 Å². The highest BCUT2D eigenvalue weighted by atomic mass is 19.1. The molecule has 0 spiro atoms. The molecule has 2 aromatic rings. The van der Waals surface area contributed by atoms with Gasteiger partial charge in [0.15, 0.2) is 0 Å². The maximum atomic E-state index is 13.3. The van der Waals surface area contributed by atoms with Crippen LogP contribution in [0.2, 0.25) is 0 Å². The predicted molar refractivity (Wildman–Crippen MR) is 75.9 cm³/mol. The quantitative estimate of drug-likeness (QED) is 0.909. The molecule has 0 unspecified atom stereocenters. The topological polar surface area (TPSA) is 29.3 Å². The molecule has 0 amide bonds. The lowest BCUT2D eigenvalue weighted by atomic mass is 10.1. The molecule has 2 rings (SSSR count). The van der Waals surface area contributed by atoms with Crippen LogP contribution in [0.5, 0.6) is 0 Å². The van der Waals surface area contributed by atoms with Gasteiger partial charge in [-0.15, -0.1) is 0 Å². The van der Waals surface area contributed by atoms with E-state index >= 15 is 0 Å². The lowest BCUT2D eigenvalue weighted by Crippen LogP contribution is -2.19. The zero-order valence-corrected chi connectivity index (χ0v) is 11.4. The monoisotopic (exact) mass is 276 g/mol. The standard InChI is InChI=1S/C16H18F2N2/c1-20(10-12-2-5-15(17)6-3-12)11-14-8-16(18)7-4-13(14)9-19/h2-8H,9-11,19H2,1H3. The average Bonchev–Trinajstić information content (AvgIpc) is 2.41. The van der Waals surface area contributed by atoms with Crippen molar-refractivity contribution in [2.24, 2.45) is 5.73 Å². The van der Waals surface area contributed by atoms with E-state index in [9.17, 15) is 8.78 Å². The van der Waals surface area contributed by atoms with E-state index in [4.69, 9.17) is 5.73 Å². The third-order valence-corrected chi connectivity index (χ3v) is 3.19. The van der Waals surface area contributed by atoms with E-state index < -0.39 is 0 Å². The highest BCUT2D eigenvalue weighted by Gasteiger charge is 2.07. The minimum atomic E-state index is -0.257. The van der Waals surface area contributed by atoms with E-state index in [2.05, 4.69) is 0 Å². The number of benzene rings is 2. The maximum Gasteiger partial charge on any atom is 0.123 e. The first kappa shape index (κ1) is 14.6. The Labute approximate surface area is 117 Å². The minimum absolute atomic E-state index is 0.244. The van der Waals surface area contributed by atoms with Crippen LogP contribution in [-0.2, 0) is 19.6 Å². The van der Waals surface area contributed by atoms with Gasteiger partial charge in [0.05, 0.1) is 0 Å². The van der Waals surface area contributed by atoms with E-state index in [1.54, 1.807) is 18.2 Å². The Morgan fingerprint density at radius 3 is 2.20 bits per heavy atom. The molecule has 20 heavy (non-hydrogen) atoms. The van der Waals surface area contributed by atoms with Crippen LogP contribution in [-0.4, -0.2) is 11.9 Å². The SMILES string of the molecule is CN(Cc1ccc(F)cc1)Cc1cc(F)ccc1CN. The Bertz CT molecular complexity index is 567. The molecule has 0 aliphatic rings. The Kier molecular flexibility index (Phi) is 4.82. The third kappa shape index (κ3) is 3.85. The molecule has 0 aliphatic carbocycles. The fourth-order valence-corrected chi connectivity index (χ4v) is 2.19. The first-order valence-electron chi connectivity index (χ1n) is 6.49. The summed E-state index contributed by atoms with van der Waals surface area (Å²) in [5.41, 5.74) is 8.50. The number of halogens is 2. The van der Waals surface area contributed by atoms with Gasteiger partial charge in [-0.2, -0.15) is 0 Å². The molecule has 0 aliphatic heterocycles. The molecule has 2 nitrogen and oxygen atoms in total. The molecular formula is C16H18F2N2. The molecule has 0 bridgehead atoms. The molecule has 0 saturated carbocycles. The number of nitrogens with zero attached hydrogens (tertiary/aromatic N) is 1. The summed E-state index contributed by atoms with van der Waals surface area (Å²) >= 11 is 0. The van der Waals surface area contributed by atoms with Gasteiger partial charge in [-0.1, -0.05) is 18.2 Å². The highest BCUT2D eigenvalue weighted by molar-refractivity contribution is 5.28. The summed E-state index contributed by atoms with van der Waals surface area (Å²) in [7, 11) is 1.94. The van der Waals surface area contributed by atoms with Crippen molar-refractivity contribution >= 4 is 0 Å². The van der Waals surface area contributed by atoms with Crippen LogP contribution < -0.4 is 5.73 Å². The normalized spacial score (nSPS) is 11.1. The van der Waals surface area contributed by atoms with Gasteiger partial charge < -0.3 is 5.73 Å². The Morgan fingerprint density at radius 2 is 1.55 bits per heavy atom. The summed E-state index contributed by atoms with van der Waals surface area (Å²) in [6.45, 7) is 1.66. The van der Waals surface area contributed by atoms with E-state index in [0.717, 1.165) is 16.7 Å². The van der Waals surface area contributed by atoms with Crippen LogP contribution >= 0.6 is 0 Å². The molecule has 106 valence electrons. The van der Waals surface area contributed by atoms with Crippen molar-refractivity contribution in [1.82, 2.24) is 4.90 Å².